The van der Waals surface area contributed by atoms with Crippen molar-refractivity contribution >= 4 is 11.3 Å². The molecule has 0 saturated carbocycles. The largest absolute Gasteiger partial charge is 0.492 e. The Kier molecular flexibility index (Phi) is 6.09. The molecule has 0 spiro atoms. The maximum Gasteiger partial charge on any atom is 0.258 e. The Hall–Kier alpha value is -2.57. The lowest BCUT2D eigenvalue weighted by molar-refractivity contribution is 0.238. The van der Waals surface area contributed by atoms with Gasteiger partial charge in [0.15, 0.2) is 0 Å². The first-order chi connectivity index (χ1) is 13.8. The molecule has 1 saturated heterocycles. The third kappa shape index (κ3) is 4.82. The molecule has 0 unspecified atom stereocenters. The van der Waals surface area contributed by atoms with Crippen LogP contribution in [0.1, 0.15) is 17.7 Å². The van der Waals surface area contributed by atoms with Gasteiger partial charge in [0.1, 0.15) is 24.7 Å². The Balaban J connectivity index is 1.34. The fraction of sp³-hybridized carbons (Fsp3) is 0.318. The van der Waals surface area contributed by atoms with Gasteiger partial charge in [0.2, 0.25) is 0 Å². The van der Waals surface area contributed by atoms with Gasteiger partial charge < -0.3 is 9.47 Å². The van der Waals surface area contributed by atoms with Crippen molar-refractivity contribution in [1.82, 2.24) is 9.47 Å². The number of rotatable bonds is 8. The molecule has 1 fully saturated rings. The van der Waals surface area contributed by atoms with Crippen LogP contribution in [0.15, 0.2) is 64.9 Å². The molecule has 6 heteroatoms. The average Bonchev–Trinajstić information content (AvgIpc) is 3.41. The second-order valence-electron chi connectivity index (χ2n) is 6.83. The summed E-state index contributed by atoms with van der Waals surface area (Å²) in [5.41, 5.74) is 0.688. The lowest BCUT2D eigenvalue weighted by Gasteiger charge is -2.15. The summed E-state index contributed by atoms with van der Waals surface area (Å²) >= 11 is 1.64. The van der Waals surface area contributed by atoms with Crippen molar-refractivity contribution in [2.24, 2.45) is 0 Å². The molecule has 1 aliphatic rings. The first kappa shape index (κ1) is 18.8. The van der Waals surface area contributed by atoms with E-state index >= 15 is 0 Å². The van der Waals surface area contributed by atoms with E-state index in [9.17, 15) is 4.79 Å². The summed E-state index contributed by atoms with van der Waals surface area (Å²) < 4.78 is 13.1. The second-order valence-corrected chi connectivity index (χ2v) is 7.86. The molecule has 0 amide bonds. The van der Waals surface area contributed by atoms with Crippen molar-refractivity contribution in [3.63, 3.8) is 0 Å². The molecule has 0 atom stereocenters. The number of nitrogens with zero attached hydrogens (tertiary/aromatic N) is 2. The van der Waals surface area contributed by atoms with Crippen LogP contribution in [-0.2, 0) is 6.61 Å². The van der Waals surface area contributed by atoms with E-state index in [2.05, 4.69) is 4.90 Å². The Bertz CT molecular complexity index is 929. The van der Waals surface area contributed by atoms with Crippen LogP contribution < -0.4 is 15.0 Å². The normalized spacial score (nSPS) is 14.3. The van der Waals surface area contributed by atoms with Gasteiger partial charge in [-0.3, -0.25) is 14.3 Å². The molecule has 5 nitrogen and oxygen atoms in total. The number of hydrogen-bond donors (Lipinski definition) is 0. The van der Waals surface area contributed by atoms with Gasteiger partial charge in [0.05, 0.1) is 0 Å². The second kappa shape index (κ2) is 9.08. The summed E-state index contributed by atoms with van der Waals surface area (Å²) in [5.74, 6) is 1.41. The van der Waals surface area contributed by atoms with Gasteiger partial charge >= 0.3 is 0 Å². The van der Waals surface area contributed by atoms with E-state index in [1.165, 1.54) is 32.0 Å². The lowest BCUT2D eigenvalue weighted by Crippen LogP contribution is -2.25. The van der Waals surface area contributed by atoms with Gasteiger partial charge in [0.25, 0.3) is 5.56 Å². The number of thiophene rings is 1. The predicted molar refractivity (Wildman–Crippen MR) is 112 cm³/mol. The highest BCUT2D eigenvalue weighted by molar-refractivity contribution is 7.09. The van der Waals surface area contributed by atoms with Crippen molar-refractivity contribution in [2.45, 2.75) is 19.4 Å². The Morgan fingerprint density at radius 2 is 1.79 bits per heavy atom. The van der Waals surface area contributed by atoms with Crippen LogP contribution >= 0.6 is 11.3 Å². The highest BCUT2D eigenvalue weighted by atomic mass is 32.1. The van der Waals surface area contributed by atoms with E-state index in [0.717, 1.165) is 22.9 Å². The van der Waals surface area contributed by atoms with Crippen LogP contribution in [0.4, 0.5) is 0 Å². The minimum absolute atomic E-state index is 0.119. The van der Waals surface area contributed by atoms with Crippen molar-refractivity contribution < 1.29 is 9.47 Å². The number of aromatic nitrogens is 1. The van der Waals surface area contributed by atoms with Crippen LogP contribution in [0, 0.1) is 0 Å². The Labute approximate surface area is 168 Å². The summed E-state index contributed by atoms with van der Waals surface area (Å²) in [7, 11) is 0. The van der Waals surface area contributed by atoms with E-state index in [0.29, 0.717) is 19.0 Å². The molecule has 2 aromatic heterocycles. The van der Waals surface area contributed by atoms with Gasteiger partial charge in [-0.1, -0.05) is 6.07 Å². The maximum absolute atomic E-state index is 12.5. The summed E-state index contributed by atoms with van der Waals surface area (Å²) in [6, 6.07) is 15.0. The van der Waals surface area contributed by atoms with Crippen molar-refractivity contribution in [3.05, 3.63) is 75.3 Å². The predicted octanol–water partition coefficient (Wildman–Crippen LogP) is 3.95. The zero-order valence-electron chi connectivity index (χ0n) is 15.8. The molecule has 4 rings (SSSR count). The van der Waals surface area contributed by atoms with Crippen LogP contribution in [0.5, 0.6) is 11.5 Å². The topological polar surface area (TPSA) is 43.7 Å². The minimum atomic E-state index is -0.119. The summed E-state index contributed by atoms with van der Waals surface area (Å²) in [6.07, 6.45) is 4.33. The van der Waals surface area contributed by atoms with Crippen molar-refractivity contribution in [2.75, 3.05) is 26.2 Å². The standard InChI is InChI=1S/C22H24N2O3S/c25-22-16-20(27-17-21-4-3-15-28-21)9-12-24(22)18-5-7-19(8-6-18)26-14-13-23-10-1-2-11-23/h3-9,12,15-16H,1-2,10-11,13-14,17H2. The number of likely N-dealkylation sites (tertiary alicyclic amines) is 1. The fourth-order valence-electron chi connectivity index (χ4n) is 3.31. The summed E-state index contributed by atoms with van der Waals surface area (Å²) in [5, 5.41) is 2.01. The van der Waals surface area contributed by atoms with E-state index in [1.54, 1.807) is 22.1 Å². The van der Waals surface area contributed by atoms with Crippen molar-refractivity contribution in [1.29, 1.82) is 0 Å². The summed E-state index contributed by atoms with van der Waals surface area (Å²) in [6.45, 7) is 4.49. The number of hydrogen-bond acceptors (Lipinski definition) is 5. The number of ether oxygens (including phenoxy) is 2. The molecule has 1 aromatic carbocycles. The molecule has 3 heterocycles. The molecule has 0 N–H and O–H groups in total. The van der Waals surface area contributed by atoms with Crippen molar-refractivity contribution in [3.8, 4) is 17.2 Å². The third-order valence-corrected chi connectivity index (χ3v) is 5.69. The zero-order chi connectivity index (χ0) is 19.2. The third-order valence-electron chi connectivity index (χ3n) is 4.84. The van der Waals surface area contributed by atoms with E-state index in [-0.39, 0.29) is 5.56 Å². The van der Waals surface area contributed by atoms with Crippen LogP contribution in [0.25, 0.3) is 5.69 Å². The zero-order valence-corrected chi connectivity index (χ0v) is 16.6. The number of benzene rings is 1. The molecule has 0 bridgehead atoms. The van der Waals surface area contributed by atoms with Crippen LogP contribution in [0.3, 0.4) is 0 Å². The molecular formula is C22H24N2O3S. The average molecular weight is 397 g/mol. The van der Waals surface area contributed by atoms with Gasteiger partial charge in [-0.25, -0.2) is 0 Å². The monoisotopic (exact) mass is 396 g/mol. The lowest BCUT2D eigenvalue weighted by atomic mass is 10.3. The Morgan fingerprint density at radius 1 is 0.964 bits per heavy atom. The smallest absolute Gasteiger partial charge is 0.258 e. The van der Waals surface area contributed by atoms with E-state index in [4.69, 9.17) is 9.47 Å². The molecule has 0 aliphatic carbocycles. The molecule has 3 aromatic rings. The quantitative estimate of drug-likeness (QED) is 0.578. The first-order valence-electron chi connectivity index (χ1n) is 9.61. The molecular weight excluding hydrogens is 372 g/mol. The van der Waals surface area contributed by atoms with Crippen LogP contribution in [-0.4, -0.2) is 35.7 Å². The fourth-order valence-corrected chi connectivity index (χ4v) is 3.93. The van der Waals surface area contributed by atoms with Gasteiger partial charge in [-0.15, -0.1) is 11.3 Å². The summed E-state index contributed by atoms with van der Waals surface area (Å²) in [4.78, 5) is 16.0. The van der Waals surface area contributed by atoms with Gasteiger partial charge in [0, 0.05) is 29.4 Å². The minimum Gasteiger partial charge on any atom is -0.492 e. The Morgan fingerprint density at radius 3 is 2.50 bits per heavy atom. The molecule has 146 valence electrons. The van der Waals surface area contributed by atoms with E-state index < -0.39 is 0 Å². The highest BCUT2D eigenvalue weighted by Crippen LogP contribution is 2.17. The SMILES string of the molecule is O=c1cc(OCc2cccs2)ccn1-c1ccc(OCCN2CCCC2)cc1. The first-order valence-corrected chi connectivity index (χ1v) is 10.5. The number of pyridine rings is 1. The van der Waals surface area contributed by atoms with E-state index in [1.807, 2.05) is 47.8 Å². The van der Waals surface area contributed by atoms with Gasteiger partial charge in [-0.05, 0) is 67.7 Å². The molecule has 0 radical (unpaired) electrons. The highest BCUT2D eigenvalue weighted by Gasteiger charge is 2.10. The molecule has 1 aliphatic heterocycles. The maximum atomic E-state index is 12.5. The van der Waals surface area contributed by atoms with Crippen LogP contribution in [0.2, 0.25) is 0 Å². The van der Waals surface area contributed by atoms with Gasteiger partial charge in [-0.2, -0.15) is 0 Å². The molecule has 28 heavy (non-hydrogen) atoms.